The highest BCUT2D eigenvalue weighted by Crippen LogP contribution is 2.34. The van der Waals surface area contributed by atoms with E-state index < -0.39 is 11.7 Å². The number of halogens is 4. The van der Waals surface area contributed by atoms with Crippen molar-refractivity contribution in [3.63, 3.8) is 0 Å². The summed E-state index contributed by atoms with van der Waals surface area (Å²) < 4.78 is 37.8. The van der Waals surface area contributed by atoms with Crippen LogP contribution in [0.3, 0.4) is 0 Å². The molecule has 3 nitrogen and oxygen atoms in total. The topological polar surface area (TPSA) is 38.4 Å². The molecular weight excluding hydrogens is 358 g/mol. The Kier molecular flexibility index (Phi) is 4.26. The summed E-state index contributed by atoms with van der Waals surface area (Å²) in [5.41, 5.74) is 5.43. The van der Waals surface area contributed by atoms with Crippen LogP contribution in [-0.2, 0) is 6.18 Å². The maximum Gasteiger partial charge on any atom is 0.416 e. The first-order valence-corrected chi connectivity index (χ1v) is 5.19. The number of amidine groups is 1. The van der Waals surface area contributed by atoms with Gasteiger partial charge in [0.25, 0.3) is 0 Å². The molecule has 2 rings (SSSR count). The Balaban J connectivity index is 0.00000162. The second-order valence-electron chi connectivity index (χ2n) is 4.25. The van der Waals surface area contributed by atoms with Crippen molar-refractivity contribution in [3.05, 3.63) is 29.8 Å². The number of rotatable bonds is 1. The summed E-state index contributed by atoms with van der Waals surface area (Å²) in [6.45, 7) is 0.590. The molecule has 0 saturated carbocycles. The zero-order chi connectivity index (χ0) is 12.7. The van der Waals surface area contributed by atoms with Gasteiger partial charge in [-0.1, -0.05) is 11.2 Å². The van der Waals surface area contributed by atoms with Crippen molar-refractivity contribution < 1.29 is 37.1 Å². The first-order chi connectivity index (χ1) is 7.81. The Morgan fingerprint density at radius 1 is 1.33 bits per heavy atom. The third-order valence-corrected chi connectivity index (χ3v) is 2.88. The van der Waals surface area contributed by atoms with E-state index in [2.05, 4.69) is 5.10 Å². The Morgan fingerprint density at radius 3 is 2.50 bits per heavy atom. The van der Waals surface area contributed by atoms with E-state index >= 15 is 0 Å². The van der Waals surface area contributed by atoms with Gasteiger partial charge in [0.2, 0.25) is 0 Å². The van der Waals surface area contributed by atoms with E-state index in [9.17, 15) is 13.2 Å². The van der Waals surface area contributed by atoms with Crippen LogP contribution in [-0.4, -0.2) is 19.4 Å². The third-order valence-electron chi connectivity index (χ3n) is 2.88. The molecule has 0 saturated heterocycles. The fourth-order valence-electron chi connectivity index (χ4n) is 1.88. The van der Waals surface area contributed by atoms with E-state index in [4.69, 9.17) is 5.73 Å². The zero-order valence-electron chi connectivity index (χ0n) is 9.71. The molecule has 0 spiro atoms. The number of hydrogen-bond donors (Lipinski definition) is 1. The van der Waals surface area contributed by atoms with E-state index in [1.165, 1.54) is 6.07 Å². The molecule has 0 amide bonds. The standard InChI is InChI=1S/C11H13F3N3.HI/c1-17(6-5-10(15)16-17)9-4-2-3-8(7-9)11(12,13)14;/h2-4,7H,5-6H2,1H3,(H2,15,16);1H/q+1;/p-1. The van der Waals surface area contributed by atoms with Crippen LogP contribution < -0.4 is 34.3 Å². The van der Waals surface area contributed by atoms with Crippen molar-refractivity contribution in [3.8, 4) is 0 Å². The van der Waals surface area contributed by atoms with Crippen LogP contribution in [0.5, 0.6) is 0 Å². The van der Waals surface area contributed by atoms with Crippen LogP contribution in [0.25, 0.3) is 0 Å². The fourth-order valence-corrected chi connectivity index (χ4v) is 1.88. The van der Waals surface area contributed by atoms with Crippen molar-refractivity contribution in [1.82, 2.24) is 4.59 Å². The van der Waals surface area contributed by atoms with Gasteiger partial charge in [-0.25, -0.2) is 0 Å². The smallest absolute Gasteiger partial charge is 0.416 e. The first-order valence-electron chi connectivity index (χ1n) is 5.19. The molecule has 0 aliphatic carbocycles. The molecule has 2 N–H and O–H groups in total. The van der Waals surface area contributed by atoms with Gasteiger partial charge in [0, 0.05) is 12.1 Å². The van der Waals surface area contributed by atoms with Crippen molar-refractivity contribution in [1.29, 1.82) is 0 Å². The second kappa shape index (κ2) is 5.04. The van der Waals surface area contributed by atoms with Crippen LogP contribution in [0.15, 0.2) is 29.4 Å². The Labute approximate surface area is 120 Å². The van der Waals surface area contributed by atoms with Gasteiger partial charge in [-0.15, -0.1) is 0 Å². The lowest BCUT2D eigenvalue weighted by atomic mass is 10.2. The van der Waals surface area contributed by atoms with Crippen LogP contribution in [0, 0.1) is 0 Å². The van der Waals surface area contributed by atoms with Crippen LogP contribution >= 0.6 is 0 Å². The largest absolute Gasteiger partial charge is 1.00 e. The summed E-state index contributed by atoms with van der Waals surface area (Å²) in [5, 5.41) is 4.18. The molecule has 1 aliphatic rings. The SMILES string of the molecule is C[N+]1(c2cccc(C(F)(F)F)c2)CCC(N)=N1.[I-]. The van der Waals surface area contributed by atoms with Crippen LogP contribution in [0.1, 0.15) is 12.0 Å². The molecule has 1 aromatic rings. The summed E-state index contributed by atoms with van der Waals surface area (Å²) in [6.07, 6.45) is -3.73. The quantitative estimate of drug-likeness (QED) is 0.516. The van der Waals surface area contributed by atoms with Crippen molar-refractivity contribution in [2.24, 2.45) is 10.8 Å². The van der Waals surface area contributed by atoms with Crippen molar-refractivity contribution >= 4 is 11.5 Å². The molecule has 0 radical (unpaired) electrons. The van der Waals surface area contributed by atoms with E-state index in [0.29, 0.717) is 24.5 Å². The fraction of sp³-hybridized carbons (Fsp3) is 0.364. The molecule has 1 unspecified atom stereocenters. The first kappa shape index (κ1) is 15.2. The molecule has 18 heavy (non-hydrogen) atoms. The molecule has 100 valence electrons. The van der Waals surface area contributed by atoms with Gasteiger partial charge in [0.15, 0.2) is 11.5 Å². The molecule has 1 aromatic carbocycles. The molecule has 1 heterocycles. The van der Waals surface area contributed by atoms with Gasteiger partial charge in [-0.05, 0) is 6.07 Å². The number of quaternary nitrogens is 1. The van der Waals surface area contributed by atoms with E-state index in [0.717, 1.165) is 12.1 Å². The Hall–Kier alpha value is -0.830. The molecule has 1 atom stereocenters. The average Bonchev–Trinajstić information content (AvgIpc) is 2.59. The monoisotopic (exact) mass is 371 g/mol. The van der Waals surface area contributed by atoms with E-state index in [-0.39, 0.29) is 28.6 Å². The molecule has 0 bridgehead atoms. The van der Waals surface area contributed by atoms with Gasteiger partial charge in [-0.3, -0.25) is 0 Å². The predicted molar refractivity (Wildman–Crippen MR) is 60.3 cm³/mol. The molecule has 0 fully saturated rings. The van der Waals surface area contributed by atoms with Gasteiger partial charge in [0.05, 0.1) is 19.0 Å². The van der Waals surface area contributed by atoms with Crippen molar-refractivity contribution in [2.75, 3.05) is 13.6 Å². The number of benzene rings is 1. The zero-order valence-corrected chi connectivity index (χ0v) is 11.9. The highest BCUT2D eigenvalue weighted by atomic mass is 127. The maximum atomic E-state index is 12.6. The predicted octanol–water partition coefficient (Wildman–Crippen LogP) is -0.678. The summed E-state index contributed by atoms with van der Waals surface area (Å²) >= 11 is 0. The van der Waals surface area contributed by atoms with Gasteiger partial charge >= 0.3 is 6.18 Å². The lowest BCUT2D eigenvalue weighted by Crippen LogP contribution is -3.00. The summed E-state index contributed by atoms with van der Waals surface area (Å²) in [6, 6.07) is 5.21. The minimum atomic E-state index is -4.33. The maximum absolute atomic E-state index is 12.6. The molecule has 1 aliphatic heterocycles. The average molecular weight is 371 g/mol. The van der Waals surface area contributed by atoms with E-state index in [1.54, 1.807) is 13.1 Å². The summed E-state index contributed by atoms with van der Waals surface area (Å²) in [5.74, 6) is 0.477. The summed E-state index contributed by atoms with van der Waals surface area (Å²) in [7, 11) is 1.75. The molecular formula is C11H13F3IN3. The lowest BCUT2D eigenvalue weighted by Gasteiger charge is -2.23. The van der Waals surface area contributed by atoms with Gasteiger partial charge < -0.3 is 29.7 Å². The minimum Gasteiger partial charge on any atom is -1.00 e. The summed E-state index contributed by atoms with van der Waals surface area (Å²) in [4.78, 5) is 0. The van der Waals surface area contributed by atoms with Gasteiger partial charge in [-0.2, -0.15) is 17.8 Å². The molecule has 0 aromatic heterocycles. The van der Waals surface area contributed by atoms with Crippen LogP contribution in [0.4, 0.5) is 18.9 Å². The van der Waals surface area contributed by atoms with Crippen LogP contribution in [0.2, 0.25) is 0 Å². The molecule has 7 heteroatoms. The minimum absolute atomic E-state index is 0. The lowest BCUT2D eigenvalue weighted by molar-refractivity contribution is -0.137. The second-order valence-corrected chi connectivity index (χ2v) is 4.25. The number of nitrogens with two attached hydrogens (primary N) is 1. The number of alkyl halides is 3. The van der Waals surface area contributed by atoms with E-state index in [1.807, 2.05) is 0 Å². The third kappa shape index (κ3) is 2.94. The number of nitrogens with zero attached hydrogens (tertiary/aromatic N) is 2. The van der Waals surface area contributed by atoms with Gasteiger partial charge in [0.1, 0.15) is 6.54 Å². The highest BCUT2D eigenvalue weighted by molar-refractivity contribution is 5.83. The van der Waals surface area contributed by atoms with Crippen molar-refractivity contribution in [2.45, 2.75) is 12.6 Å². The Morgan fingerprint density at radius 2 is 2.00 bits per heavy atom. The number of hydrogen-bond acceptors (Lipinski definition) is 2. The normalized spacial score (nSPS) is 23.4. The Bertz CT molecular complexity index is 473. The highest BCUT2D eigenvalue weighted by Gasteiger charge is 2.35.